The normalized spacial score (nSPS) is 12.1. The van der Waals surface area contributed by atoms with Gasteiger partial charge in [0.1, 0.15) is 11.4 Å². The molecule has 244 valence electrons. The summed E-state index contributed by atoms with van der Waals surface area (Å²) < 4.78 is 52.8. The number of alkyl halides is 3. The van der Waals surface area contributed by atoms with Gasteiger partial charge in [0.15, 0.2) is 0 Å². The van der Waals surface area contributed by atoms with Crippen LogP contribution in [0, 0.1) is 0 Å². The summed E-state index contributed by atoms with van der Waals surface area (Å²) in [5.74, 6) is 0.620. The Hall–Kier alpha value is -4.01. The molecule has 0 aliphatic rings. The largest absolute Gasteiger partial charge is 0.493 e. The zero-order valence-electron chi connectivity index (χ0n) is 26.5. The summed E-state index contributed by atoms with van der Waals surface area (Å²) in [6.45, 7) is 6.90. The number of benzene rings is 4. The van der Waals surface area contributed by atoms with Crippen molar-refractivity contribution in [1.82, 2.24) is 5.32 Å². The van der Waals surface area contributed by atoms with Gasteiger partial charge in [0.2, 0.25) is 0 Å². The number of ether oxygens (including phenoxy) is 2. The van der Waals surface area contributed by atoms with Crippen LogP contribution in [-0.4, -0.2) is 38.4 Å². The summed E-state index contributed by atoms with van der Waals surface area (Å²) in [4.78, 5) is 13.9. The monoisotopic (exact) mass is 652 g/mol. The molecule has 1 N–H and O–H groups in total. The van der Waals surface area contributed by atoms with Crippen LogP contribution in [0.3, 0.4) is 0 Å². The molecule has 4 aromatic carbocycles. The van der Waals surface area contributed by atoms with E-state index in [-0.39, 0.29) is 11.4 Å². The number of hydrogen-bond donors (Lipinski definition) is 1. The zero-order valence-corrected chi connectivity index (χ0v) is 27.3. The Kier molecular flexibility index (Phi) is 11.4. The van der Waals surface area contributed by atoms with Crippen LogP contribution < -0.4 is 15.0 Å². The maximum Gasteiger partial charge on any atom is 0.417 e. The number of carbonyl (C=O) groups excluding carboxylic acids is 1. The Balaban J connectivity index is 1.48. The lowest BCUT2D eigenvalue weighted by Crippen LogP contribution is -2.42. The second kappa shape index (κ2) is 15.1. The number of hydrogen-bond acceptors (Lipinski definition) is 4. The molecule has 1 amide bonds. The van der Waals surface area contributed by atoms with Gasteiger partial charge in [-0.15, -0.1) is 0 Å². The first-order valence-electron chi connectivity index (χ1n) is 15.2. The molecular weight excluding hydrogens is 613 g/mol. The molecular formula is C37H40ClF3N2O3. The van der Waals surface area contributed by atoms with E-state index in [0.29, 0.717) is 43.1 Å². The molecule has 0 bridgehead atoms. The summed E-state index contributed by atoms with van der Waals surface area (Å²) in [6, 6.07) is 30.9. The highest BCUT2D eigenvalue weighted by Crippen LogP contribution is 2.41. The molecule has 4 aromatic rings. The summed E-state index contributed by atoms with van der Waals surface area (Å²) in [7, 11) is 1.65. The van der Waals surface area contributed by atoms with Gasteiger partial charge in [-0.3, -0.25) is 4.90 Å². The van der Waals surface area contributed by atoms with Crippen LogP contribution in [0.1, 0.15) is 49.4 Å². The second-order valence-electron chi connectivity index (χ2n) is 12.2. The molecule has 0 unspecified atom stereocenters. The number of rotatable bonds is 12. The van der Waals surface area contributed by atoms with Crippen LogP contribution in [0.5, 0.6) is 5.75 Å². The lowest BCUT2D eigenvalue weighted by Gasteiger charge is -2.36. The molecule has 0 atom stereocenters. The maximum absolute atomic E-state index is 13.8. The van der Waals surface area contributed by atoms with Crippen molar-refractivity contribution in [2.24, 2.45) is 0 Å². The van der Waals surface area contributed by atoms with Gasteiger partial charge in [-0.25, -0.2) is 4.79 Å². The lowest BCUT2D eigenvalue weighted by atomic mass is 9.70. The van der Waals surface area contributed by atoms with E-state index in [1.54, 1.807) is 19.2 Å². The molecule has 0 aliphatic carbocycles. The first-order chi connectivity index (χ1) is 21.8. The van der Waals surface area contributed by atoms with Gasteiger partial charge >= 0.3 is 12.3 Å². The standard InChI is InChI=1S/C37H40ClF3N2O3/c1-35(2,3)46-34(44)43(4)30-19-12-20-31(24-30)45-23-13-22-42-26-36(28-15-7-5-8-16-28,29-17-9-6-10-18-29)25-27-14-11-21-32(33(27)38)37(39,40)41/h5-12,14-21,24,42H,13,22-23,25-26H2,1-4H3. The predicted molar refractivity (Wildman–Crippen MR) is 178 cm³/mol. The molecule has 9 heteroatoms. The highest BCUT2D eigenvalue weighted by molar-refractivity contribution is 6.32. The molecule has 0 saturated heterocycles. The molecule has 5 nitrogen and oxygen atoms in total. The first-order valence-corrected chi connectivity index (χ1v) is 15.5. The van der Waals surface area contributed by atoms with Crippen molar-refractivity contribution in [2.75, 3.05) is 31.6 Å². The third kappa shape index (κ3) is 9.04. The second-order valence-corrected chi connectivity index (χ2v) is 12.6. The Morgan fingerprint density at radius 2 is 1.46 bits per heavy atom. The van der Waals surface area contributed by atoms with Crippen molar-refractivity contribution in [1.29, 1.82) is 0 Å². The Morgan fingerprint density at radius 3 is 2.04 bits per heavy atom. The van der Waals surface area contributed by atoms with Crippen molar-refractivity contribution in [3.05, 3.63) is 130 Å². The van der Waals surface area contributed by atoms with Crippen LogP contribution >= 0.6 is 11.6 Å². The number of anilines is 1. The van der Waals surface area contributed by atoms with Crippen molar-refractivity contribution < 1.29 is 27.4 Å². The number of nitrogens with zero attached hydrogens (tertiary/aromatic N) is 1. The number of halogens is 4. The minimum Gasteiger partial charge on any atom is -0.493 e. The Bertz CT molecular complexity index is 1540. The SMILES string of the molecule is CN(C(=O)OC(C)(C)C)c1cccc(OCCCNCC(Cc2cccc(C(F)(F)F)c2Cl)(c2ccccc2)c2ccccc2)c1. The molecule has 0 aliphatic heterocycles. The molecule has 0 spiro atoms. The molecule has 0 fully saturated rings. The van der Waals surface area contributed by atoms with E-state index in [1.165, 1.54) is 11.0 Å². The molecule has 4 rings (SSSR count). The van der Waals surface area contributed by atoms with Crippen molar-refractivity contribution in [2.45, 2.75) is 50.8 Å². The third-order valence-electron chi connectivity index (χ3n) is 7.59. The fourth-order valence-electron chi connectivity index (χ4n) is 5.32. The van der Waals surface area contributed by atoms with Crippen molar-refractivity contribution in [3.8, 4) is 5.75 Å². The van der Waals surface area contributed by atoms with Crippen LogP contribution in [0.15, 0.2) is 103 Å². The molecule has 0 heterocycles. The van der Waals surface area contributed by atoms with Gasteiger partial charge in [0.05, 0.1) is 22.9 Å². The van der Waals surface area contributed by atoms with E-state index in [4.69, 9.17) is 21.1 Å². The van der Waals surface area contributed by atoms with Gasteiger partial charge in [0, 0.05) is 25.1 Å². The zero-order chi connectivity index (χ0) is 33.4. The highest BCUT2D eigenvalue weighted by Gasteiger charge is 2.38. The predicted octanol–water partition coefficient (Wildman–Crippen LogP) is 9.32. The average Bonchev–Trinajstić information content (AvgIpc) is 3.02. The summed E-state index contributed by atoms with van der Waals surface area (Å²) in [5.41, 5.74) is 0.837. The van der Waals surface area contributed by atoms with E-state index in [2.05, 4.69) is 5.32 Å². The quantitative estimate of drug-likeness (QED) is 0.155. The Morgan fingerprint density at radius 1 is 0.848 bits per heavy atom. The highest BCUT2D eigenvalue weighted by atomic mass is 35.5. The van der Waals surface area contributed by atoms with Crippen LogP contribution in [-0.2, 0) is 22.7 Å². The van der Waals surface area contributed by atoms with E-state index in [1.807, 2.05) is 99.6 Å². The number of carbonyl (C=O) groups is 1. The number of amides is 1. The Labute approximate surface area is 274 Å². The van der Waals surface area contributed by atoms with Crippen LogP contribution in [0.4, 0.5) is 23.7 Å². The summed E-state index contributed by atoms with van der Waals surface area (Å²) in [5, 5.41) is 3.27. The minimum atomic E-state index is -4.56. The summed E-state index contributed by atoms with van der Waals surface area (Å²) in [6.07, 6.45) is -4.10. The smallest absolute Gasteiger partial charge is 0.417 e. The fourth-order valence-corrected chi connectivity index (χ4v) is 5.62. The van der Waals surface area contributed by atoms with Gasteiger partial charge in [-0.2, -0.15) is 13.2 Å². The van der Waals surface area contributed by atoms with Gasteiger partial charge in [-0.1, -0.05) is 90.5 Å². The lowest BCUT2D eigenvalue weighted by molar-refractivity contribution is -0.137. The third-order valence-corrected chi connectivity index (χ3v) is 8.04. The topological polar surface area (TPSA) is 50.8 Å². The van der Waals surface area contributed by atoms with E-state index < -0.39 is 28.8 Å². The first kappa shape index (κ1) is 34.9. The fraction of sp³-hybridized carbons (Fsp3) is 0.324. The van der Waals surface area contributed by atoms with Gasteiger partial charge < -0.3 is 14.8 Å². The van der Waals surface area contributed by atoms with Crippen LogP contribution in [0.2, 0.25) is 5.02 Å². The minimum absolute atomic E-state index is 0.255. The molecule has 0 radical (unpaired) electrons. The number of nitrogens with one attached hydrogen (secondary N) is 1. The summed E-state index contributed by atoms with van der Waals surface area (Å²) >= 11 is 6.43. The average molecular weight is 653 g/mol. The maximum atomic E-state index is 13.8. The molecule has 0 aromatic heterocycles. The van der Waals surface area contributed by atoms with Gasteiger partial charge in [0.25, 0.3) is 0 Å². The molecule has 0 saturated carbocycles. The van der Waals surface area contributed by atoms with Gasteiger partial charge in [-0.05, 0) is 75.0 Å². The van der Waals surface area contributed by atoms with E-state index in [9.17, 15) is 18.0 Å². The van der Waals surface area contributed by atoms with Crippen molar-refractivity contribution in [3.63, 3.8) is 0 Å². The van der Waals surface area contributed by atoms with Crippen molar-refractivity contribution >= 4 is 23.4 Å². The van der Waals surface area contributed by atoms with E-state index in [0.717, 1.165) is 17.2 Å². The van der Waals surface area contributed by atoms with E-state index >= 15 is 0 Å². The van der Waals surface area contributed by atoms with Crippen LogP contribution in [0.25, 0.3) is 0 Å². The molecule has 46 heavy (non-hydrogen) atoms.